The summed E-state index contributed by atoms with van der Waals surface area (Å²) in [5.74, 6) is 0.825. The normalized spacial score (nSPS) is 23.5. The summed E-state index contributed by atoms with van der Waals surface area (Å²) in [6, 6.07) is 5.90. The van der Waals surface area contributed by atoms with Crippen molar-refractivity contribution in [2.45, 2.75) is 49.7 Å². The van der Waals surface area contributed by atoms with Gasteiger partial charge in [-0.2, -0.15) is 4.98 Å². The van der Waals surface area contributed by atoms with Gasteiger partial charge in [0.1, 0.15) is 17.2 Å². The molecule has 194 valence electrons. The molecular formula is C26H33N9O2. The van der Waals surface area contributed by atoms with Crippen LogP contribution in [0.1, 0.15) is 59.0 Å². The van der Waals surface area contributed by atoms with Crippen LogP contribution in [0.2, 0.25) is 0 Å². The quantitative estimate of drug-likeness (QED) is 0.481. The smallest absolute Gasteiger partial charge is 0.270 e. The summed E-state index contributed by atoms with van der Waals surface area (Å²) in [5, 5.41) is 7.38. The lowest BCUT2D eigenvalue weighted by Gasteiger charge is -2.36. The van der Waals surface area contributed by atoms with Crippen molar-refractivity contribution in [3.8, 4) is 0 Å². The Morgan fingerprint density at radius 1 is 1.19 bits per heavy atom. The fourth-order valence-corrected chi connectivity index (χ4v) is 5.98. The molecule has 2 amide bonds. The van der Waals surface area contributed by atoms with E-state index in [1.807, 2.05) is 11.0 Å². The third-order valence-corrected chi connectivity index (χ3v) is 7.77. The van der Waals surface area contributed by atoms with E-state index < -0.39 is 0 Å². The third kappa shape index (κ3) is 4.42. The molecular weight excluding hydrogens is 470 g/mol. The summed E-state index contributed by atoms with van der Waals surface area (Å²) in [5.41, 5.74) is 7.97. The molecule has 0 spiro atoms. The molecule has 2 aliphatic heterocycles. The van der Waals surface area contributed by atoms with Gasteiger partial charge < -0.3 is 30.7 Å². The molecule has 3 aromatic heterocycles. The number of fused-ring (bicyclic) bond motifs is 3. The Labute approximate surface area is 215 Å². The van der Waals surface area contributed by atoms with Gasteiger partial charge in [-0.15, -0.1) is 0 Å². The zero-order chi connectivity index (χ0) is 25.7. The third-order valence-electron chi connectivity index (χ3n) is 7.77. The highest BCUT2D eigenvalue weighted by Crippen LogP contribution is 2.35. The van der Waals surface area contributed by atoms with Crippen molar-refractivity contribution in [3.05, 3.63) is 41.9 Å². The van der Waals surface area contributed by atoms with Crippen molar-refractivity contribution >= 4 is 34.6 Å². The Morgan fingerprint density at radius 2 is 2.00 bits per heavy atom. The van der Waals surface area contributed by atoms with Crippen LogP contribution in [0.3, 0.4) is 0 Å². The number of piperidine rings is 1. The van der Waals surface area contributed by atoms with Gasteiger partial charge in [0.05, 0.1) is 5.56 Å². The van der Waals surface area contributed by atoms with E-state index >= 15 is 0 Å². The number of nitrogens with one attached hydrogen (secondary N) is 2. The Hall–Kier alpha value is -3.57. The molecule has 11 nitrogen and oxygen atoms in total. The first kappa shape index (κ1) is 23.8. The minimum absolute atomic E-state index is 0.0422. The standard InChI is InChI=1S/C26H33N9O2/c1-33(2)24(37)20-9-17-12-29-25(32-22(17)35(20)19-5-3-4-6-19)31-21-8-7-16(11-28-21)23(36)34-13-18-10-26(27,15-34)14-30-18/h7-9,11-12,18-19,30H,3-6,10,13-15,27H2,1-2H3,(H,28,29,31,32)/t18-,26+/m1/s1. The maximum Gasteiger partial charge on any atom is 0.270 e. The van der Waals surface area contributed by atoms with Crippen molar-refractivity contribution in [3.63, 3.8) is 0 Å². The van der Waals surface area contributed by atoms with E-state index in [0.717, 1.165) is 49.7 Å². The number of carbonyl (C=O) groups excluding carboxylic acids is 2. The topological polar surface area (TPSA) is 134 Å². The Balaban J connectivity index is 1.23. The molecule has 2 saturated heterocycles. The zero-order valence-electron chi connectivity index (χ0n) is 21.3. The first-order valence-corrected chi connectivity index (χ1v) is 12.9. The van der Waals surface area contributed by atoms with E-state index in [1.165, 1.54) is 0 Å². The van der Waals surface area contributed by atoms with Crippen molar-refractivity contribution in [1.82, 2.24) is 34.6 Å². The van der Waals surface area contributed by atoms with Gasteiger partial charge in [-0.25, -0.2) is 9.97 Å². The molecule has 0 radical (unpaired) electrons. The van der Waals surface area contributed by atoms with E-state index in [9.17, 15) is 9.59 Å². The van der Waals surface area contributed by atoms with Gasteiger partial charge in [0.2, 0.25) is 5.95 Å². The van der Waals surface area contributed by atoms with Gasteiger partial charge in [0, 0.05) is 69.1 Å². The number of likely N-dealkylation sites (tertiary alicyclic amines) is 1. The van der Waals surface area contributed by atoms with E-state index in [2.05, 4.69) is 25.2 Å². The minimum Gasteiger partial charge on any atom is -0.343 e. The van der Waals surface area contributed by atoms with Crippen molar-refractivity contribution < 1.29 is 9.59 Å². The maximum atomic E-state index is 13.1. The number of anilines is 2. The number of aromatic nitrogens is 4. The van der Waals surface area contributed by atoms with Crippen LogP contribution < -0.4 is 16.4 Å². The molecule has 2 bridgehead atoms. The van der Waals surface area contributed by atoms with Gasteiger partial charge in [0.15, 0.2) is 0 Å². The van der Waals surface area contributed by atoms with Gasteiger partial charge in [0.25, 0.3) is 11.8 Å². The number of nitrogens with two attached hydrogens (primary N) is 1. The highest BCUT2D eigenvalue weighted by Gasteiger charge is 2.43. The van der Waals surface area contributed by atoms with Gasteiger partial charge >= 0.3 is 0 Å². The Kier molecular flexibility index (Phi) is 5.84. The van der Waals surface area contributed by atoms with E-state index in [4.69, 9.17) is 10.7 Å². The monoisotopic (exact) mass is 503 g/mol. The molecule has 5 heterocycles. The van der Waals surface area contributed by atoms with Crippen LogP contribution in [0.25, 0.3) is 11.0 Å². The molecule has 3 aliphatic rings. The predicted octanol–water partition coefficient (Wildman–Crippen LogP) is 1.90. The van der Waals surface area contributed by atoms with E-state index in [0.29, 0.717) is 36.1 Å². The van der Waals surface area contributed by atoms with E-state index in [1.54, 1.807) is 43.5 Å². The second kappa shape index (κ2) is 9.07. The van der Waals surface area contributed by atoms with Crippen LogP contribution in [0.5, 0.6) is 0 Å². The molecule has 1 saturated carbocycles. The molecule has 0 unspecified atom stereocenters. The summed E-state index contributed by atoms with van der Waals surface area (Å²) in [4.78, 5) is 43.1. The lowest BCUT2D eigenvalue weighted by molar-refractivity contribution is 0.0671. The SMILES string of the molecule is CN(C)C(=O)c1cc2cnc(Nc3ccc(C(=O)N4C[C@H]5C[C@](N)(CN5)C4)cn3)nc2n1C1CCCC1. The molecule has 3 aromatic rings. The largest absolute Gasteiger partial charge is 0.343 e. The fourth-order valence-electron chi connectivity index (χ4n) is 5.98. The summed E-state index contributed by atoms with van der Waals surface area (Å²) >= 11 is 0. The predicted molar refractivity (Wildman–Crippen MR) is 140 cm³/mol. The molecule has 4 N–H and O–H groups in total. The number of amides is 2. The maximum absolute atomic E-state index is 13.1. The van der Waals surface area contributed by atoms with Crippen LogP contribution >= 0.6 is 0 Å². The molecule has 2 atom stereocenters. The van der Waals surface area contributed by atoms with Crippen LogP contribution in [0.4, 0.5) is 11.8 Å². The number of carbonyl (C=O) groups is 2. The fraction of sp³-hybridized carbons (Fsp3) is 0.500. The lowest BCUT2D eigenvalue weighted by Crippen LogP contribution is -2.56. The molecule has 0 aromatic carbocycles. The Bertz CT molecular complexity index is 1350. The average molecular weight is 504 g/mol. The number of pyridine rings is 1. The van der Waals surface area contributed by atoms with Crippen molar-refractivity contribution in [2.75, 3.05) is 39.0 Å². The zero-order valence-corrected chi connectivity index (χ0v) is 21.3. The number of hydrogen-bond acceptors (Lipinski definition) is 8. The van der Waals surface area contributed by atoms with Crippen LogP contribution in [0, 0.1) is 0 Å². The van der Waals surface area contributed by atoms with Crippen molar-refractivity contribution in [1.29, 1.82) is 0 Å². The molecule has 6 rings (SSSR count). The van der Waals surface area contributed by atoms with Crippen LogP contribution in [-0.2, 0) is 0 Å². The summed E-state index contributed by atoms with van der Waals surface area (Å²) < 4.78 is 2.08. The highest BCUT2D eigenvalue weighted by molar-refractivity contribution is 5.98. The number of hydrogen-bond donors (Lipinski definition) is 3. The molecule has 1 aliphatic carbocycles. The summed E-state index contributed by atoms with van der Waals surface area (Å²) in [6.45, 7) is 1.94. The number of nitrogens with zero attached hydrogens (tertiary/aromatic N) is 6. The Morgan fingerprint density at radius 3 is 2.70 bits per heavy atom. The second-order valence-corrected chi connectivity index (χ2v) is 10.9. The summed E-state index contributed by atoms with van der Waals surface area (Å²) in [7, 11) is 3.52. The van der Waals surface area contributed by atoms with Crippen molar-refractivity contribution in [2.24, 2.45) is 5.73 Å². The highest BCUT2D eigenvalue weighted by atomic mass is 16.2. The van der Waals surface area contributed by atoms with Gasteiger partial charge in [-0.1, -0.05) is 12.8 Å². The first-order valence-electron chi connectivity index (χ1n) is 12.9. The molecule has 37 heavy (non-hydrogen) atoms. The lowest BCUT2D eigenvalue weighted by atomic mass is 9.92. The molecule has 3 fully saturated rings. The second-order valence-electron chi connectivity index (χ2n) is 10.9. The van der Waals surface area contributed by atoms with Crippen LogP contribution in [-0.4, -0.2) is 86.4 Å². The van der Waals surface area contributed by atoms with Gasteiger partial charge in [-0.3, -0.25) is 9.59 Å². The minimum atomic E-state index is -0.351. The first-order chi connectivity index (χ1) is 17.8. The average Bonchev–Trinajstić information content (AvgIpc) is 3.60. The van der Waals surface area contributed by atoms with Gasteiger partial charge in [-0.05, 0) is 37.5 Å². The van der Waals surface area contributed by atoms with E-state index in [-0.39, 0.29) is 29.4 Å². The van der Waals surface area contributed by atoms with Crippen LogP contribution in [0.15, 0.2) is 30.6 Å². The molecule has 11 heteroatoms. The number of rotatable bonds is 5. The summed E-state index contributed by atoms with van der Waals surface area (Å²) in [6.07, 6.45) is 8.56.